The molecule has 1 aromatic heterocycles. The summed E-state index contributed by atoms with van der Waals surface area (Å²) in [5.74, 6) is -0.353. The van der Waals surface area contributed by atoms with Crippen molar-refractivity contribution >= 4 is 28.6 Å². The van der Waals surface area contributed by atoms with E-state index in [9.17, 15) is 4.79 Å². The highest BCUT2D eigenvalue weighted by Crippen LogP contribution is 2.31. The Morgan fingerprint density at radius 3 is 2.61 bits per heavy atom. The number of aromatic amines is 1. The Kier molecular flexibility index (Phi) is 3.56. The first-order chi connectivity index (χ1) is 10.8. The Morgan fingerprint density at radius 2 is 1.91 bits per heavy atom. The number of hydrogen-bond donors (Lipinski definition) is 3. The van der Waals surface area contributed by atoms with E-state index in [0.29, 0.717) is 11.5 Å². The lowest BCUT2D eigenvalue weighted by atomic mass is 9.86. The third-order valence-corrected chi connectivity index (χ3v) is 3.72. The predicted molar refractivity (Wildman–Crippen MR) is 91.5 cm³/mol. The Labute approximate surface area is 134 Å². The van der Waals surface area contributed by atoms with Crippen molar-refractivity contribution in [2.75, 3.05) is 5.32 Å². The number of nitrogens with one attached hydrogen (secondary N) is 2. The third kappa shape index (κ3) is 3.04. The second-order valence-electron chi connectivity index (χ2n) is 6.54. The van der Waals surface area contributed by atoms with Crippen molar-refractivity contribution in [3.63, 3.8) is 0 Å². The van der Waals surface area contributed by atoms with Crippen LogP contribution >= 0.6 is 0 Å². The number of rotatable bonds is 3. The topological polar surface area (TPSA) is 78.0 Å². The minimum atomic E-state index is -0.950. The molecule has 3 rings (SSSR count). The van der Waals surface area contributed by atoms with Gasteiger partial charge in [-0.3, -0.25) is 0 Å². The van der Waals surface area contributed by atoms with Gasteiger partial charge in [0.1, 0.15) is 0 Å². The molecule has 5 nitrogen and oxygen atoms in total. The molecule has 2 aromatic carbocycles. The maximum atomic E-state index is 11.0. The fourth-order valence-electron chi connectivity index (χ4n) is 2.58. The molecule has 23 heavy (non-hydrogen) atoms. The first-order valence-electron chi connectivity index (χ1n) is 7.44. The fourth-order valence-corrected chi connectivity index (χ4v) is 2.58. The second-order valence-corrected chi connectivity index (χ2v) is 6.54. The predicted octanol–water partition coefficient (Wildman–Crippen LogP) is 4.30. The first-order valence-corrected chi connectivity index (χ1v) is 7.44. The number of fused-ring (bicyclic) bond motifs is 1. The van der Waals surface area contributed by atoms with Gasteiger partial charge in [-0.05, 0) is 35.2 Å². The zero-order chi connectivity index (χ0) is 16.6. The summed E-state index contributed by atoms with van der Waals surface area (Å²) in [6.07, 6.45) is 0. The van der Waals surface area contributed by atoms with Crippen LogP contribution in [-0.4, -0.2) is 21.0 Å². The number of H-pyrrole nitrogens is 1. The molecule has 0 aliphatic heterocycles. The zero-order valence-electron chi connectivity index (χ0n) is 13.3. The highest BCUT2D eigenvalue weighted by molar-refractivity contribution is 5.92. The van der Waals surface area contributed by atoms with Crippen LogP contribution in [0.25, 0.3) is 11.0 Å². The van der Waals surface area contributed by atoms with E-state index < -0.39 is 5.97 Å². The van der Waals surface area contributed by atoms with Gasteiger partial charge >= 0.3 is 5.97 Å². The first kappa shape index (κ1) is 15.1. The van der Waals surface area contributed by atoms with E-state index in [1.807, 2.05) is 18.2 Å². The van der Waals surface area contributed by atoms with E-state index in [-0.39, 0.29) is 11.0 Å². The molecular weight excluding hydrogens is 290 g/mol. The molecule has 118 valence electrons. The van der Waals surface area contributed by atoms with Gasteiger partial charge < -0.3 is 15.4 Å². The van der Waals surface area contributed by atoms with Gasteiger partial charge in [-0.15, -0.1) is 0 Å². The van der Waals surface area contributed by atoms with Crippen LogP contribution in [0.3, 0.4) is 0 Å². The smallest absolute Gasteiger partial charge is 0.335 e. The Balaban J connectivity index is 1.98. The number of benzene rings is 2. The quantitative estimate of drug-likeness (QED) is 0.674. The molecule has 0 spiro atoms. The summed E-state index contributed by atoms with van der Waals surface area (Å²) in [5, 5.41) is 12.4. The van der Waals surface area contributed by atoms with Crippen LogP contribution in [0.5, 0.6) is 0 Å². The molecule has 0 saturated carbocycles. The van der Waals surface area contributed by atoms with Crippen molar-refractivity contribution in [1.82, 2.24) is 9.97 Å². The fraction of sp³-hybridized carbons (Fsp3) is 0.222. The van der Waals surface area contributed by atoms with E-state index in [0.717, 1.165) is 11.2 Å². The number of imidazole rings is 1. The maximum absolute atomic E-state index is 11.0. The average Bonchev–Trinajstić information content (AvgIpc) is 2.87. The molecule has 5 heteroatoms. The third-order valence-electron chi connectivity index (χ3n) is 3.72. The van der Waals surface area contributed by atoms with Crippen molar-refractivity contribution in [1.29, 1.82) is 0 Å². The highest BCUT2D eigenvalue weighted by Gasteiger charge is 2.18. The summed E-state index contributed by atoms with van der Waals surface area (Å²) in [7, 11) is 0. The number of anilines is 2. The minimum absolute atomic E-state index is 0.00604. The van der Waals surface area contributed by atoms with Gasteiger partial charge in [0.2, 0.25) is 5.95 Å². The minimum Gasteiger partial charge on any atom is -0.478 e. The summed E-state index contributed by atoms with van der Waals surface area (Å²) in [6.45, 7) is 6.47. The molecule has 1 heterocycles. The molecule has 3 N–H and O–H groups in total. The van der Waals surface area contributed by atoms with Gasteiger partial charge in [0.05, 0.1) is 16.6 Å². The largest absolute Gasteiger partial charge is 0.478 e. The lowest BCUT2D eigenvalue weighted by Crippen LogP contribution is -2.13. The molecule has 0 bridgehead atoms. The lowest BCUT2D eigenvalue weighted by Gasteiger charge is -2.22. The van der Waals surface area contributed by atoms with Crippen molar-refractivity contribution in [3.05, 3.63) is 53.6 Å². The molecule has 0 fully saturated rings. The number of para-hydroxylation sites is 1. The monoisotopic (exact) mass is 309 g/mol. The van der Waals surface area contributed by atoms with Crippen molar-refractivity contribution in [3.8, 4) is 0 Å². The van der Waals surface area contributed by atoms with E-state index in [4.69, 9.17) is 5.11 Å². The summed E-state index contributed by atoms with van der Waals surface area (Å²) in [5.41, 5.74) is 3.84. The lowest BCUT2D eigenvalue weighted by molar-refractivity contribution is 0.0697. The van der Waals surface area contributed by atoms with E-state index in [1.165, 1.54) is 5.56 Å². The van der Waals surface area contributed by atoms with Gasteiger partial charge in [0, 0.05) is 5.69 Å². The molecule has 0 unspecified atom stereocenters. The average molecular weight is 309 g/mol. The van der Waals surface area contributed by atoms with Crippen LogP contribution < -0.4 is 5.32 Å². The van der Waals surface area contributed by atoms with E-state index >= 15 is 0 Å². The molecule has 0 saturated heterocycles. The number of carboxylic acids is 1. The van der Waals surface area contributed by atoms with Crippen molar-refractivity contribution < 1.29 is 9.90 Å². The summed E-state index contributed by atoms with van der Waals surface area (Å²) < 4.78 is 0. The van der Waals surface area contributed by atoms with Crippen LogP contribution in [0, 0.1) is 0 Å². The number of carboxylic acid groups (broad SMARTS) is 1. The number of nitrogens with zero attached hydrogens (tertiary/aromatic N) is 1. The van der Waals surface area contributed by atoms with Crippen LogP contribution in [0.15, 0.2) is 42.5 Å². The van der Waals surface area contributed by atoms with Gasteiger partial charge in [-0.2, -0.15) is 0 Å². The Hall–Kier alpha value is -2.82. The van der Waals surface area contributed by atoms with Crippen LogP contribution in [0.2, 0.25) is 0 Å². The Bertz CT molecular complexity index is 875. The molecule has 0 radical (unpaired) electrons. The highest BCUT2D eigenvalue weighted by atomic mass is 16.4. The normalized spacial score (nSPS) is 11.6. The van der Waals surface area contributed by atoms with E-state index in [2.05, 4.69) is 42.1 Å². The SMILES string of the molecule is CC(C)(C)c1ccccc1Nc1nc2ccc(C(=O)O)cc2[nH]1. The summed E-state index contributed by atoms with van der Waals surface area (Å²) in [6, 6.07) is 12.9. The second kappa shape index (κ2) is 5.43. The molecule has 0 amide bonds. The van der Waals surface area contributed by atoms with Crippen molar-refractivity contribution in [2.45, 2.75) is 26.2 Å². The summed E-state index contributed by atoms with van der Waals surface area (Å²) >= 11 is 0. The molecule has 3 aromatic rings. The van der Waals surface area contributed by atoms with Gasteiger partial charge in [0.15, 0.2) is 0 Å². The van der Waals surface area contributed by atoms with Crippen molar-refractivity contribution in [2.24, 2.45) is 0 Å². The number of hydrogen-bond acceptors (Lipinski definition) is 3. The van der Waals surface area contributed by atoms with Crippen LogP contribution in [-0.2, 0) is 5.41 Å². The molecular formula is C18H19N3O2. The Morgan fingerprint density at radius 1 is 1.17 bits per heavy atom. The van der Waals surface area contributed by atoms with Gasteiger partial charge in [-0.25, -0.2) is 9.78 Å². The number of carbonyl (C=O) groups is 1. The number of aromatic carboxylic acids is 1. The summed E-state index contributed by atoms with van der Waals surface area (Å²) in [4.78, 5) is 18.7. The zero-order valence-corrected chi connectivity index (χ0v) is 13.3. The number of aromatic nitrogens is 2. The standard InChI is InChI=1S/C18H19N3O2/c1-18(2,3)12-6-4-5-7-13(12)19-17-20-14-9-8-11(16(22)23)10-15(14)21-17/h4-10H,1-3H3,(H,22,23)(H2,19,20,21). The van der Waals surface area contributed by atoms with Gasteiger partial charge in [0.25, 0.3) is 0 Å². The van der Waals surface area contributed by atoms with Gasteiger partial charge in [-0.1, -0.05) is 39.0 Å². The molecule has 0 aliphatic carbocycles. The van der Waals surface area contributed by atoms with E-state index in [1.54, 1.807) is 18.2 Å². The van der Waals surface area contributed by atoms with Crippen LogP contribution in [0.1, 0.15) is 36.7 Å². The maximum Gasteiger partial charge on any atom is 0.335 e. The van der Waals surface area contributed by atoms with Crippen LogP contribution in [0.4, 0.5) is 11.6 Å². The molecule has 0 atom stereocenters. The molecule has 0 aliphatic rings.